The molecule has 0 saturated carbocycles. The Morgan fingerprint density at radius 3 is 1.21 bits per heavy atom. The molecular weight excluding hydrogens is 464 g/mol. The summed E-state index contributed by atoms with van der Waals surface area (Å²) >= 11 is 0. The van der Waals surface area contributed by atoms with Gasteiger partial charge in [0.1, 0.15) is 12.1 Å². The molecule has 2 aromatic heterocycles. The van der Waals surface area contributed by atoms with E-state index in [4.69, 9.17) is 0 Å². The summed E-state index contributed by atoms with van der Waals surface area (Å²) in [5.41, 5.74) is 9.57. The highest BCUT2D eigenvalue weighted by Gasteiger charge is 2.11. The number of hydrogen-bond donors (Lipinski definition) is 0. The van der Waals surface area contributed by atoms with Crippen LogP contribution in [0.5, 0.6) is 0 Å². The van der Waals surface area contributed by atoms with Gasteiger partial charge in [0.25, 0.3) is 0 Å². The summed E-state index contributed by atoms with van der Waals surface area (Å²) in [4.78, 5) is 8.37. The molecule has 6 aromatic rings. The molecule has 38 heavy (non-hydrogen) atoms. The minimum atomic E-state index is 0.550. The summed E-state index contributed by atoms with van der Waals surface area (Å²) in [6.07, 6.45) is 6.70. The summed E-state index contributed by atoms with van der Waals surface area (Å²) in [5, 5.41) is 20.7. The van der Waals surface area contributed by atoms with Gasteiger partial charge in [0.05, 0.1) is 11.1 Å². The number of nitriles is 2. The van der Waals surface area contributed by atoms with Crippen LogP contribution in [0, 0.1) is 22.7 Å². The van der Waals surface area contributed by atoms with Gasteiger partial charge < -0.3 is 0 Å². The number of rotatable bonds is 4. The van der Waals surface area contributed by atoms with Crippen molar-refractivity contribution in [3.05, 3.63) is 133 Å². The molecule has 0 aliphatic rings. The molecule has 2 heterocycles. The van der Waals surface area contributed by atoms with Crippen LogP contribution < -0.4 is 0 Å². The number of benzene rings is 4. The molecule has 0 unspecified atom stereocenters. The highest BCUT2D eigenvalue weighted by Crippen LogP contribution is 2.37. The van der Waals surface area contributed by atoms with E-state index in [9.17, 15) is 10.5 Å². The third-order valence-electron chi connectivity index (χ3n) is 6.72. The molecule has 0 fully saturated rings. The van der Waals surface area contributed by atoms with Gasteiger partial charge in [-0.25, -0.2) is 0 Å². The van der Waals surface area contributed by atoms with E-state index in [1.807, 2.05) is 12.1 Å². The molecule has 0 aliphatic heterocycles. The Balaban J connectivity index is 1.36. The summed E-state index contributed by atoms with van der Waals surface area (Å²) in [6, 6.07) is 37.6. The number of nitrogens with zero attached hydrogens (tertiary/aromatic N) is 4. The smallest absolute Gasteiger partial charge is 0.101 e. The molecule has 6 rings (SSSR count). The van der Waals surface area contributed by atoms with Gasteiger partial charge in [0.2, 0.25) is 0 Å². The van der Waals surface area contributed by atoms with E-state index in [0.717, 1.165) is 44.5 Å². The zero-order valence-electron chi connectivity index (χ0n) is 20.3. The van der Waals surface area contributed by atoms with Crippen molar-refractivity contribution < 1.29 is 0 Å². The van der Waals surface area contributed by atoms with Crippen LogP contribution in [0.4, 0.5) is 0 Å². The van der Waals surface area contributed by atoms with Crippen LogP contribution in [0.2, 0.25) is 0 Å². The highest BCUT2D eigenvalue weighted by molar-refractivity contribution is 6.05. The molecule has 0 amide bonds. The first-order chi connectivity index (χ1) is 18.7. The lowest BCUT2D eigenvalue weighted by molar-refractivity contribution is 1.30. The maximum atomic E-state index is 9.19. The molecular formula is C34H20N4. The van der Waals surface area contributed by atoms with Gasteiger partial charge >= 0.3 is 0 Å². The standard InChI is InChI=1S/C34H20N4/c35-17-23-15-29(21-37-19-23)25-5-9-27(10-6-25)31-13-14-32(34-4-2-1-3-33(31)34)28-11-7-26(8-12-28)30-16-24(18-36)20-38-22-30/h1-16,19-22H. The zero-order valence-corrected chi connectivity index (χ0v) is 20.3. The Morgan fingerprint density at radius 2 is 0.816 bits per heavy atom. The predicted octanol–water partition coefficient (Wildman–Crippen LogP) is 8.04. The molecule has 0 spiro atoms. The molecule has 0 radical (unpaired) electrons. The maximum Gasteiger partial charge on any atom is 0.101 e. The second-order valence-electron chi connectivity index (χ2n) is 9.01. The van der Waals surface area contributed by atoms with Crippen molar-refractivity contribution in [1.82, 2.24) is 9.97 Å². The van der Waals surface area contributed by atoms with Gasteiger partial charge in [-0.05, 0) is 56.3 Å². The molecule has 0 saturated heterocycles. The van der Waals surface area contributed by atoms with Crippen molar-refractivity contribution in [3.8, 4) is 56.6 Å². The summed E-state index contributed by atoms with van der Waals surface area (Å²) in [6.45, 7) is 0. The Kier molecular flexibility index (Phi) is 5.91. The van der Waals surface area contributed by atoms with Crippen molar-refractivity contribution in [3.63, 3.8) is 0 Å². The van der Waals surface area contributed by atoms with Crippen molar-refractivity contribution in [2.45, 2.75) is 0 Å². The maximum absolute atomic E-state index is 9.19. The second-order valence-corrected chi connectivity index (χ2v) is 9.01. The topological polar surface area (TPSA) is 73.4 Å². The molecule has 0 atom stereocenters. The molecule has 176 valence electrons. The van der Waals surface area contributed by atoms with E-state index in [1.54, 1.807) is 24.8 Å². The van der Waals surface area contributed by atoms with Gasteiger partial charge in [-0.15, -0.1) is 0 Å². The van der Waals surface area contributed by atoms with Gasteiger partial charge in [-0.1, -0.05) is 84.9 Å². The van der Waals surface area contributed by atoms with Crippen LogP contribution in [0.1, 0.15) is 11.1 Å². The minimum Gasteiger partial charge on any atom is -0.263 e. The number of hydrogen-bond acceptors (Lipinski definition) is 4. The van der Waals surface area contributed by atoms with Crippen LogP contribution in [0.15, 0.2) is 122 Å². The van der Waals surface area contributed by atoms with Gasteiger partial charge in [-0.2, -0.15) is 10.5 Å². The Bertz CT molecular complexity index is 1730. The van der Waals surface area contributed by atoms with E-state index in [-0.39, 0.29) is 0 Å². The van der Waals surface area contributed by atoms with Crippen LogP contribution in [0.25, 0.3) is 55.3 Å². The molecule has 4 nitrogen and oxygen atoms in total. The van der Waals surface area contributed by atoms with Gasteiger partial charge in [0.15, 0.2) is 0 Å². The molecule has 0 aliphatic carbocycles. The first-order valence-corrected chi connectivity index (χ1v) is 12.2. The normalized spacial score (nSPS) is 10.6. The van der Waals surface area contributed by atoms with Crippen LogP contribution in [-0.2, 0) is 0 Å². The monoisotopic (exact) mass is 484 g/mol. The van der Waals surface area contributed by atoms with Crippen LogP contribution in [-0.4, -0.2) is 9.97 Å². The van der Waals surface area contributed by atoms with Crippen molar-refractivity contribution in [2.24, 2.45) is 0 Å². The molecule has 0 N–H and O–H groups in total. The minimum absolute atomic E-state index is 0.550. The average Bonchev–Trinajstić information content (AvgIpc) is 3.01. The fourth-order valence-electron chi connectivity index (χ4n) is 4.80. The quantitative estimate of drug-likeness (QED) is 0.254. The van der Waals surface area contributed by atoms with Crippen molar-refractivity contribution >= 4 is 10.8 Å². The second kappa shape index (κ2) is 9.82. The van der Waals surface area contributed by atoms with E-state index < -0.39 is 0 Å². The predicted molar refractivity (Wildman–Crippen MR) is 151 cm³/mol. The lowest BCUT2D eigenvalue weighted by Crippen LogP contribution is -1.88. The van der Waals surface area contributed by atoms with Gasteiger partial charge in [0, 0.05) is 35.9 Å². The third kappa shape index (κ3) is 4.28. The summed E-state index contributed by atoms with van der Waals surface area (Å²) < 4.78 is 0. The molecule has 4 heteroatoms. The van der Waals surface area contributed by atoms with E-state index in [1.165, 1.54) is 10.8 Å². The fourth-order valence-corrected chi connectivity index (χ4v) is 4.80. The first kappa shape index (κ1) is 22.9. The summed E-state index contributed by atoms with van der Waals surface area (Å²) in [7, 11) is 0. The fraction of sp³-hybridized carbons (Fsp3) is 0. The van der Waals surface area contributed by atoms with Gasteiger partial charge in [-0.3, -0.25) is 9.97 Å². The number of pyridine rings is 2. The highest BCUT2D eigenvalue weighted by atomic mass is 14.6. The summed E-state index contributed by atoms with van der Waals surface area (Å²) in [5.74, 6) is 0. The first-order valence-electron chi connectivity index (χ1n) is 12.2. The van der Waals surface area contributed by atoms with Crippen molar-refractivity contribution in [2.75, 3.05) is 0 Å². The Hall–Kier alpha value is -5.58. The molecule has 4 aromatic carbocycles. The number of fused-ring (bicyclic) bond motifs is 1. The third-order valence-corrected chi connectivity index (χ3v) is 6.72. The largest absolute Gasteiger partial charge is 0.263 e. The number of aromatic nitrogens is 2. The van der Waals surface area contributed by atoms with Crippen LogP contribution >= 0.6 is 0 Å². The van der Waals surface area contributed by atoms with E-state index in [2.05, 4.69) is 107 Å². The Labute approximate surface area is 220 Å². The van der Waals surface area contributed by atoms with Crippen molar-refractivity contribution in [1.29, 1.82) is 10.5 Å². The van der Waals surface area contributed by atoms with E-state index in [0.29, 0.717) is 11.1 Å². The average molecular weight is 485 g/mol. The molecule has 0 bridgehead atoms. The lowest BCUT2D eigenvalue weighted by Gasteiger charge is -2.13. The SMILES string of the molecule is N#Cc1cncc(-c2ccc(-c3ccc(-c4ccc(-c5cncc(C#N)c5)cc4)c4ccccc34)cc2)c1. The van der Waals surface area contributed by atoms with E-state index >= 15 is 0 Å². The lowest BCUT2D eigenvalue weighted by atomic mass is 9.91. The zero-order chi connectivity index (χ0) is 25.9. The Morgan fingerprint density at radius 1 is 0.421 bits per heavy atom. The van der Waals surface area contributed by atoms with Crippen LogP contribution in [0.3, 0.4) is 0 Å².